The number of para-hydroxylation sites is 1. The van der Waals surface area contributed by atoms with E-state index in [1.165, 1.54) is 0 Å². The van der Waals surface area contributed by atoms with Crippen LogP contribution in [0.4, 0.5) is 0 Å². The number of carbonyl (C=O) groups is 1. The monoisotopic (exact) mass is 226 g/mol. The SMILES string of the molecule is O=C(O)c1ccc2c(c1)-c1ccccc1OC2. The largest absolute Gasteiger partial charge is 0.488 e. The van der Waals surface area contributed by atoms with Gasteiger partial charge in [-0.15, -0.1) is 0 Å². The van der Waals surface area contributed by atoms with E-state index < -0.39 is 5.97 Å². The second-order valence-electron chi connectivity index (χ2n) is 3.96. The van der Waals surface area contributed by atoms with Crippen LogP contribution in [0.15, 0.2) is 42.5 Å². The number of ether oxygens (including phenoxy) is 1. The van der Waals surface area contributed by atoms with E-state index in [1.807, 2.05) is 30.3 Å². The zero-order chi connectivity index (χ0) is 11.8. The lowest BCUT2D eigenvalue weighted by molar-refractivity contribution is 0.0697. The lowest BCUT2D eigenvalue weighted by atomic mass is 9.95. The lowest BCUT2D eigenvalue weighted by Gasteiger charge is -2.20. The molecule has 0 unspecified atom stereocenters. The Bertz CT molecular complexity index is 602. The number of carboxylic acid groups (broad SMARTS) is 1. The quantitative estimate of drug-likeness (QED) is 0.813. The molecule has 17 heavy (non-hydrogen) atoms. The second kappa shape index (κ2) is 3.63. The average molecular weight is 226 g/mol. The third kappa shape index (κ3) is 1.56. The van der Waals surface area contributed by atoms with Gasteiger partial charge in [0.25, 0.3) is 0 Å². The molecule has 1 aliphatic rings. The zero-order valence-corrected chi connectivity index (χ0v) is 9.01. The summed E-state index contributed by atoms with van der Waals surface area (Å²) in [6, 6.07) is 12.8. The molecule has 0 spiro atoms. The number of rotatable bonds is 1. The summed E-state index contributed by atoms with van der Waals surface area (Å²) in [5.41, 5.74) is 3.23. The first-order chi connectivity index (χ1) is 8.25. The molecule has 2 aromatic carbocycles. The summed E-state index contributed by atoms with van der Waals surface area (Å²) in [6.07, 6.45) is 0. The molecular formula is C14H10O3. The third-order valence-electron chi connectivity index (χ3n) is 2.92. The van der Waals surface area contributed by atoms with Crippen LogP contribution in [0.3, 0.4) is 0 Å². The van der Waals surface area contributed by atoms with E-state index in [0.29, 0.717) is 12.2 Å². The number of benzene rings is 2. The Labute approximate surface area is 98.3 Å². The van der Waals surface area contributed by atoms with Crippen molar-refractivity contribution < 1.29 is 14.6 Å². The van der Waals surface area contributed by atoms with Gasteiger partial charge in [-0.2, -0.15) is 0 Å². The third-order valence-corrected chi connectivity index (χ3v) is 2.92. The van der Waals surface area contributed by atoms with E-state index in [1.54, 1.807) is 12.1 Å². The Morgan fingerprint density at radius 3 is 2.76 bits per heavy atom. The van der Waals surface area contributed by atoms with Crippen LogP contribution in [-0.2, 0) is 6.61 Å². The van der Waals surface area contributed by atoms with Gasteiger partial charge in [0.2, 0.25) is 0 Å². The summed E-state index contributed by atoms with van der Waals surface area (Å²) in [6.45, 7) is 0.492. The minimum atomic E-state index is -0.906. The highest BCUT2D eigenvalue weighted by Gasteiger charge is 2.18. The summed E-state index contributed by atoms with van der Waals surface area (Å²) >= 11 is 0. The standard InChI is InChI=1S/C14H10O3/c15-14(16)9-5-6-10-8-17-13-4-2-1-3-11(13)12(10)7-9/h1-7H,8H2,(H,15,16). The van der Waals surface area contributed by atoms with Gasteiger partial charge in [0.05, 0.1) is 5.56 Å². The Kier molecular flexibility index (Phi) is 2.11. The van der Waals surface area contributed by atoms with Crippen molar-refractivity contribution >= 4 is 5.97 Å². The van der Waals surface area contributed by atoms with Crippen molar-refractivity contribution in [2.45, 2.75) is 6.61 Å². The first kappa shape index (κ1) is 9.90. The van der Waals surface area contributed by atoms with Crippen molar-refractivity contribution in [2.75, 3.05) is 0 Å². The fourth-order valence-corrected chi connectivity index (χ4v) is 2.06. The molecule has 1 heterocycles. The van der Waals surface area contributed by atoms with Gasteiger partial charge in [-0.3, -0.25) is 0 Å². The van der Waals surface area contributed by atoms with Crippen LogP contribution < -0.4 is 4.74 Å². The molecule has 0 saturated carbocycles. The van der Waals surface area contributed by atoms with Gasteiger partial charge < -0.3 is 9.84 Å². The Morgan fingerprint density at radius 2 is 1.94 bits per heavy atom. The van der Waals surface area contributed by atoms with E-state index >= 15 is 0 Å². The van der Waals surface area contributed by atoms with Crippen molar-refractivity contribution in [3.05, 3.63) is 53.6 Å². The Balaban J connectivity index is 2.22. The van der Waals surface area contributed by atoms with Crippen LogP contribution in [0.2, 0.25) is 0 Å². The lowest BCUT2D eigenvalue weighted by Crippen LogP contribution is -2.07. The van der Waals surface area contributed by atoms with Crippen molar-refractivity contribution in [2.24, 2.45) is 0 Å². The molecule has 0 bridgehead atoms. The molecule has 0 atom stereocenters. The molecule has 0 aliphatic carbocycles. The Morgan fingerprint density at radius 1 is 1.12 bits per heavy atom. The smallest absolute Gasteiger partial charge is 0.335 e. The summed E-state index contributed by atoms with van der Waals surface area (Å²) in [5, 5.41) is 9.00. The maximum atomic E-state index is 11.0. The van der Waals surface area contributed by atoms with Crippen LogP contribution in [0.1, 0.15) is 15.9 Å². The van der Waals surface area contributed by atoms with Crippen molar-refractivity contribution in [1.29, 1.82) is 0 Å². The van der Waals surface area contributed by atoms with Crippen molar-refractivity contribution in [1.82, 2.24) is 0 Å². The predicted molar refractivity (Wildman–Crippen MR) is 63.2 cm³/mol. The van der Waals surface area contributed by atoms with Gasteiger partial charge in [-0.25, -0.2) is 4.79 Å². The fourth-order valence-electron chi connectivity index (χ4n) is 2.06. The summed E-state index contributed by atoms with van der Waals surface area (Å²) in [5.74, 6) is -0.0979. The number of carboxylic acids is 1. The summed E-state index contributed by atoms with van der Waals surface area (Å²) < 4.78 is 5.60. The molecule has 3 heteroatoms. The molecular weight excluding hydrogens is 216 g/mol. The van der Waals surface area contributed by atoms with Crippen LogP contribution in [0, 0.1) is 0 Å². The number of fused-ring (bicyclic) bond motifs is 3. The molecule has 2 aromatic rings. The maximum absolute atomic E-state index is 11.0. The van der Waals surface area contributed by atoms with Crippen molar-refractivity contribution in [3.8, 4) is 16.9 Å². The van der Waals surface area contributed by atoms with Gasteiger partial charge in [0, 0.05) is 5.56 Å². The molecule has 1 N–H and O–H groups in total. The summed E-state index contributed by atoms with van der Waals surface area (Å²) in [7, 11) is 0. The second-order valence-corrected chi connectivity index (χ2v) is 3.96. The van der Waals surface area contributed by atoms with Crippen LogP contribution in [0.25, 0.3) is 11.1 Å². The fraction of sp³-hybridized carbons (Fsp3) is 0.0714. The van der Waals surface area contributed by atoms with E-state index in [2.05, 4.69) is 0 Å². The Hall–Kier alpha value is -2.29. The van der Waals surface area contributed by atoms with Gasteiger partial charge in [0.1, 0.15) is 12.4 Å². The molecule has 0 aromatic heterocycles. The molecule has 0 saturated heterocycles. The predicted octanol–water partition coefficient (Wildman–Crippen LogP) is 2.94. The van der Waals surface area contributed by atoms with E-state index in [9.17, 15) is 4.79 Å². The highest BCUT2D eigenvalue weighted by Crippen LogP contribution is 2.37. The molecule has 3 rings (SSSR count). The first-order valence-electron chi connectivity index (χ1n) is 5.34. The van der Waals surface area contributed by atoms with Gasteiger partial charge in [-0.1, -0.05) is 24.3 Å². The van der Waals surface area contributed by atoms with Crippen molar-refractivity contribution in [3.63, 3.8) is 0 Å². The molecule has 0 fully saturated rings. The topological polar surface area (TPSA) is 46.5 Å². The molecule has 84 valence electrons. The highest BCUT2D eigenvalue weighted by atomic mass is 16.5. The van der Waals surface area contributed by atoms with Crippen LogP contribution in [0.5, 0.6) is 5.75 Å². The molecule has 1 aliphatic heterocycles. The number of hydrogen-bond acceptors (Lipinski definition) is 2. The van der Waals surface area contributed by atoms with Gasteiger partial charge in [-0.05, 0) is 29.3 Å². The normalized spacial score (nSPS) is 12.2. The summed E-state index contributed by atoms with van der Waals surface area (Å²) in [4.78, 5) is 11.0. The molecule has 0 amide bonds. The van der Waals surface area contributed by atoms with E-state index in [-0.39, 0.29) is 0 Å². The van der Waals surface area contributed by atoms with Crippen LogP contribution in [-0.4, -0.2) is 11.1 Å². The number of aromatic carboxylic acids is 1. The molecule has 3 nitrogen and oxygen atoms in total. The number of hydrogen-bond donors (Lipinski definition) is 1. The maximum Gasteiger partial charge on any atom is 0.335 e. The minimum Gasteiger partial charge on any atom is -0.488 e. The molecule has 0 radical (unpaired) electrons. The van der Waals surface area contributed by atoms with E-state index in [4.69, 9.17) is 9.84 Å². The van der Waals surface area contributed by atoms with Gasteiger partial charge >= 0.3 is 5.97 Å². The van der Waals surface area contributed by atoms with Gasteiger partial charge in [0.15, 0.2) is 0 Å². The van der Waals surface area contributed by atoms with Crippen LogP contribution >= 0.6 is 0 Å². The average Bonchev–Trinajstić information content (AvgIpc) is 2.38. The minimum absolute atomic E-state index is 0.306. The van der Waals surface area contributed by atoms with E-state index in [0.717, 1.165) is 22.4 Å². The highest BCUT2D eigenvalue weighted by molar-refractivity contribution is 5.90. The first-order valence-corrected chi connectivity index (χ1v) is 5.34. The zero-order valence-electron chi connectivity index (χ0n) is 9.01.